The van der Waals surface area contributed by atoms with Gasteiger partial charge in [-0.2, -0.15) is 0 Å². The van der Waals surface area contributed by atoms with E-state index in [4.69, 9.17) is 0 Å². The fourth-order valence-corrected chi connectivity index (χ4v) is 2.99. The number of hydrogen-bond acceptors (Lipinski definition) is 5. The van der Waals surface area contributed by atoms with Crippen LogP contribution in [0.3, 0.4) is 0 Å². The van der Waals surface area contributed by atoms with Crippen molar-refractivity contribution < 1.29 is 9.72 Å². The number of rotatable bonds is 3. The third kappa shape index (κ3) is 2.28. The highest BCUT2D eigenvalue weighted by molar-refractivity contribution is 5.96. The van der Waals surface area contributed by atoms with E-state index >= 15 is 0 Å². The Balaban J connectivity index is 1.63. The molecule has 0 unspecified atom stereocenters. The largest absolute Gasteiger partial charge is 0.310 e. The molecule has 4 rings (SSSR count). The van der Waals surface area contributed by atoms with Crippen LogP contribution in [0.4, 0.5) is 11.4 Å². The predicted molar refractivity (Wildman–Crippen MR) is 86.7 cm³/mol. The van der Waals surface area contributed by atoms with Gasteiger partial charge in [0.05, 0.1) is 16.1 Å². The molecule has 2 heterocycles. The quantitative estimate of drug-likeness (QED) is 0.542. The molecule has 0 aliphatic carbocycles. The standard InChI is InChI=1S/C16H13N5O3/c22-16(10-20-14-4-2-1-3-13(14)17-18-20)19-8-7-11-5-6-12(21(23)24)9-15(11)19/h1-6,9H,7-8,10H2. The van der Waals surface area contributed by atoms with E-state index in [1.807, 2.05) is 24.3 Å². The minimum Gasteiger partial charge on any atom is -0.310 e. The number of hydrogen-bond donors (Lipinski definition) is 0. The van der Waals surface area contributed by atoms with Crippen LogP contribution in [0.1, 0.15) is 5.56 Å². The van der Waals surface area contributed by atoms with Crippen molar-refractivity contribution in [2.75, 3.05) is 11.4 Å². The number of nitrogens with zero attached hydrogens (tertiary/aromatic N) is 5. The molecule has 24 heavy (non-hydrogen) atoms. The molecule has 1 amide bonds. The fourth-order valence-electron chi connectivity index (χ4n) is 2.99. The summed E-state index contributed by atoms with van der Waals surface area (Å²) in [6, 6.07) is 12.0. The molecule has 0 saturated carbocycles. The molecular formula is C16H13N5O3. The van der Waals surface area contributed by atoms with Crippen molar-refractivity contribution in [3.05, 3.63) is 58.1 Å². The smallest absolute Gasteiger partial charge is 0.271 e. The number of carbonyl (C=O) groups excluding carboxylic acids is 1. The Bertz CT molecular complexity index is 965. The number of nitro groups is 1. The van der Waals surface area contributed by atoms with E-state index in [0.29, 0.717) is 18.7 Å². The maximum absolute atomic E-state index is 12.7. The van der Waals surface area contributed by atoms with Gasteiger partial charge in [0.2, 0.25) is 5.91 Å². The number of aromatic nitrogens is 3. The zero-order valence-corrected chi connectivity index (χ0v) is 12.6. The molecule has 1 aliphatic rings. The van der Waals surface area contributed by atoms with Crippen molar-refractivity contribution in [2.45, 2.75) is 13.0 Å². The number of para-hydroxylation sites is 1. The fraction of sp³-hybridized carbons (Fsp3) is 0.188. The average molecular weight is 323 g/mol. The maximum Gasteiger partial charge on any atom is 0.271 e. The van der Waals surface area contributed by atoms with Crippen LogP contribution in [0.25, 0.3) is 11.0 Å². The van der Waals surface area contributed by atoms with E-state index in [2.05, 4.69) is 10.3 Å². The summed E-state index contributed by atoms with van der Waals surface area (Å²) in [7, 11) is 0. The van der Waals surface area contributed by atoms with Gasteiger partial charge in [0.1, 0.15) is 12.1 Å². The van der Waals surface area contributed by atoms with Crippen LogP contribution in [0.15, 0.2) is 42.5 Å². The molecule has 1 aromatic heterocycles. The molecule has 2 aromatic carbocycles. The van der Waals surface area contributed by atoms with Gasteiger partial charge in [0.15, 0.2) is 0 Å². The number of nitro benzene ring substituents is 1. The van der Waals surface area contributed by atoms with Gasteiger partial charge in [-0.15, -0.1) is 5.10 Å². The first-order valence-electron chi connectivity index (χ1n) is 7.49. The van der Waals surface area contributed by atoms with Gasteiger partial charge in [-0.05, 0) is 24.1 Å². The third-order valence-corrected chi connectivity index (χ3v) is 4.18. The second kappa shape index (κ2) is 5.41. The predicted octanol–water partition coefficient (Wildman–Crippen LogP) is 1.93. The van der Waals surface area contributed by atoms with Gasteiger partial charge in [-0.3, -0.25) is 14.9 Å². The van der Waals surface area contributed by atoms with Gasteiger partial charge in [-0.1, -0.05) is 23.4 Å². The Labute approximate surface area is 136 Å². The molecular weight excluding hydrogens is 310 g/mol. The molecule has 8 nitrogen and oxygen atoms in total. The lowest BCUT2D eigenvalue weighted by molar-refractivity contribution is -0.384. The summed E-state index contributed by atoms with van der Waals surface area (Å²) in [6.45, 7) is 0.560. The molecule has 3 aromatic rings. The minimum absolute atomic E-state index is 0.0142. The molecule has 120 valence electrons. The van der Waals surface area contributed by atoms with Gasteiger partial charge in [0.25, 0.3) is 5.69 Å². The first-order chi connectivity index (χ1) is 11.6. The van der Waals surface area contributed by atoms with Gasteiger partial charge in [0, 0.05) is 18.7 Å². The van der Waals surface area contributed by atoms with Gasteiger partial charge >= 0.3 is 0 Å². The number of non-ortho nitro benzene ring substituents is 1. The molecule has 0 radical (unpaired) electrons. The van der Waals surface area contributed by atoms with E-state index in [1.165, 1.54) is 12.1 Å². The van der Waals surface area contributed by atoms with E-state index < -0.39 is 4.92 Å². The number of amides is 1. The zero-order valence-electron chi connectivity index (χ0n) is 12.6. The topological polar surface area (TPSA) is 94.2 Å². The SMILES string of the molecule is O=C(Cn1nnc2ccccc21)N1CCc2ccc([N+](=O)[O-])cc21. The summed E-state index contributed by atoms with van der Waals surface area (Å²) in [5.41, 5.74) is 3.04. The number of benzene rings is 2. The maximum atomic E-state index is 12.7. The van der Waals surface area contributed by atoms with E-state index in [-0.39, 0.29) is 18.1 Å². The molecule has 0 atom stereocenters. The van der Waals surface area contributed by atoms with Crippen LogP contribution in [-0.2, 0) is 17.8 Å². The Morgan fingerprint density at radius 3 is 2.92 bits per heavy atom. The zero-order chi connectivity index (χ0) is 16.7. The molecule has 0 fully saturated rings. The van der Waals surface area contributed by atoms with Gasteiger partial charge < -0.3 is 4.90 Å². The van der Waals surface area contributed by atoms with Crippen molar-refractivity contribution in [1.82, 2.24) is 15.0 Å². The van der Waals surface area contributed by atoms with Crippen LogP contribution < -0.4 is 4.90 Å². The highest BCUT2D eigenvalue weighted by Gasteiger charge is 2.27. The van der Waals surface area contributed by atoms with Crippen LogP contribution >= 0.6 is 0 Å². The van der Waals surface area contributed by atoms with Crippen molar-refractivity contribution >= 4 is 28.3 Å². The van der Waals surface area contributed by atoms with E-state index in [0.717, 1.165) is 16.6 Å². The Kier molecular flexibility index (Phi) is 3.23. The lowest BCUT2D eigenvalue weighted by atomic mass is 10.1. The molecule has 8 heteroatoms. The summed E-state index contributed by atoms with van der Waals surface area (Å²) in [4.78, 5) is 24.8. The van der Waals surface area contributed by atoms with Crippen molar-refractivity contribution in [2.24, 2.45) is 0 Å². The van der Waals surface area contributed by atoms with Crippen LogP contribution in [0.5, 0.6) is 0 Å². The van der Waals surface area contributed by atoms with Crippen molar-refractivity contribution in [3.63, 3.8) is 0 Å². The second-order valence-electron chi connectivity index (χ2n) is 5.60. The Morgan fingerprint density at radius 1 is 1.25 bits per heavy atom. The first-order valence-corrected chi connectivity index (χ1v) is 7.49. The lowest BCUT2D eigenvalue weighted by Crippen LogP contribution is -2.32. The molecule has 1 aliphatic heterocycles. The normalized spacial score (nSPS) is 13.2. The summed E-state index contributed by atoms with van der Waals surface area (Å²) in [5.74, 6) is -0.162. The molecule has 0 bridgehead atoms. The van der Waals surface area contributed by atoms with E-state index in [9.17, 15) is 14.9 Å². The van der Waals surface area contributed by atoms with E-state index in [1.54, 1.807) is 15.6 Å². The molecule has 0 saturated heterocycles. The Hall–Kier alpha value is -3.29. The summed E-state index contributed by atoms with van der Waals surface area (Å²) < 4.78 is 1.55. The van der Waals surface area contributed by atoms with Crippen molar-refractivity contribution in [1.29, 1.82) is 0 Å². The number of fused-ring (bicyclic) bond motifs is 2. The first kappa shape index (κ1) is 14.3. The van der Waals surface area contributed by atoms with Crippen LogP contribution in [0, 0.1) is 10.1 Å². The second-order valence-corrected chi connectivity index (χ2v) is 5.60. The highest BCUT2D eigenvalue weighted by atomic mass is 16.6. The van der Waals surface area contributed by atoms with Gasteiger partial charge in [-0.25, -0.2) is 4.68 Å². The summed E-state index contributed by atoms with van der Waals surface area (Å²) in [5, 5.41) is 19.0. The molecule has 0 N–H and O–H groups in total. The number of carbonyl (C=O) groups is 1. The van der Waals surface area contributed by atoms with Crippen LogP contribution in [-0.4, -0.2) is 32.4 Å². The monoisotopic (exact) mass is 323 g/mol. The number of anilines is 1. The summed E-state index contributed by atoms with van der Waals surface area (Å²) in [6.07, 6.45) is 0.692. The minimum atomic E-state index is -0.452. The third-order valence-electron chi connectivity index (χ3n) is 4.18. The summed E-state index contributed by atoms with van der Waals surface area (Å²) >= 11 is 0. The van der Waals surface area contributed by atoms with Crippen LogP contribution in [0.2, 0.25) is 0 Å². The highest BCUT2D eigenvalue weighted by Crippen LogP contribution is 2.31. The Morgan fingerprint density at radius 2 is 2.08 bits per heavy atom. The van der Waals surface area contributed by atoms with Crippen molar-refractivity contribution in [3.8, 4) is 0 Å². The lowest BCUT2D eigenvalue weighted by Gasteiger charge is -2.17. The molecule has 0 spiro atoms. The average Bonchev–Trinajstić information content (AvgIpc) is 3.18.